The van der Waals surface area contributed by atoms with Gasteiger partial charge in [0.2, 0.25) is 0 Å². The number of hydrogen-bond acceptors (Lipinski definition) is 6. The topological polar surface area (TPSA) is 75.2 Å². The predicted molar refractivity (Wildman–Crippen MR) is 158 cm³/mol. The van der Waals surface area contributed by atoms with E-state index < -0.39 is 11.2 Å². The summed E-state index contributed by atoms with van der Waals surface area (Å²) in [6.07, 6.45) is -0.583. The molecule has 212 valence electrons. The van der Waals surface area contributed by atoms with E-state index in [-0.39, 0.29) is 12.2 Å². The van der Waals surface area contributed by atoms with Crippen LogP contribution in [0.4, 0.5) is 15.4 Å². The maximum absolute atomic E-state index is 12.6. The number of piperazine rings is 1. The van der Waals surface area contributed by atoms with Crippen LogP contribution in [-0.4, -0.2) is 64.4 Å². The van der Waals surface area contributed by atoms with Gasteiger partial charge in [0.05, 0.1) is 10.5 Å². The van der Waals surface area contributed by atoms with E-state index >= 15 is 0 Å². The number of anilines is 1. The van der Waals surface area contributed by atoms with Crippen molar-refractivity contribution in [2.24, 2.45) is 0 Å². The number of ether oxygens (including phenoxy) is 2. The van der Waals surface area contributed by atoms with Crippen LogP contribution in [0.25, 0.3) is 22.0 Å². The Kier molecular flexibility index (Phi) is 7.33. The number of carbonyl (C=O) groups excluding carboxylic acids is 2. The molecule has 0 bridgehead atoms. The number of halogens is 1. The molecule has 0 N–H and O–H groups in total. The third kappa shape index (κ3) is 6.28. The Balaban J connectivity index is 1.29. The highest BCUT2D eigenvalue weighted by atomic mass is 35.5. The Labute approximate surface area is 240 Å². The van der Waals surface area contributed by atoms with Crippen LogP contribution < -0.4 is 4.90 Å². The molecule has 2 aromatic carbocycles. The fourth-order valence-corrected chi connectivity index (χ4v) is 5.28. The summed E-state index contributed by atoms with van der Waals surface area (Å²) < 4.78 is 11.1. The van der Waals surface area contributed by atoms with Crippen molar-refractivity contribution in [3.63, 3.8) is 0 Å². The van der Waals surface area contributed by atoms with Crippen molar-refractivity contribution < 1.29 is 19.1 Å². The summed E-state index contributed by atoms with van der Waals surface area (Å²) in [5.41, 5.74) is 4.21. The maximum atomic E-state index is 12.6. The molecule has 1 aromatic heterocycles. The summed E-state index contributed by atoms with van der Waals surface area (Å²) in [7, 11) is 0. The van der Waals surface area contributed by atoms with E-state index in [9.17, 15) is 9.59 Å². The van der Waals surface area contributed by atoms with Crippen LogP contribution in [0.2, 0.25) is 5.02 Å². The van der Waals surface area contributed by atoms with E-state index in [1.807, 2.05) is 53.7 Å². The van der Waals surface area contributed by atoms with Crippen LogP contribution in [0.15, 0.2) is 42.5 Å². The molecular formula is C31H37ClN4O4. The molecule has 2 aliphatic heterocycles. The zero-order valence-electron chi connectivity index (χ0n) is 24.1. The molecule has 2 aliphatic rings. The normalized spacial score (nSPS) is 15.8. The van der Waals surface area contributed by atoms with Crippen molar-refractivity contribution >= 4 is 40.5 Å². The fourth-order valence-electron chi connectivity index (χ4n) is 5.00. The number of fused-ring (bicyclic) bond motifs is 2. The van der Waals surface area contributed by atoms with Crippen LogP contribution in [0.1, 0.15) is 52.7 Å². The number of nitrogens with zero attached hydrogens (tertiary/aromatic N) is 4. The monoisotopic (exact) mass is 564 g/mol. The van der Waals surface area contributed by atoms with Gasteiger partial charge in [0, 0.05) is 44.7 Å². The van der Waals surface area contributed by atoms with Crippen LogP contribution in [0, 0.1) is 0 Å². The lowest BCUT2D eigenvalue weighted by molar-refractivity contribution is 0.0231. The Morgan fingerprint density at radius 2 is 1.32 bits per heavy atom. The van der Waals surface area contributed by atoms with E-state index in [1.165, 1.54) is 0 Å². The highest BCUT2D eigenvalue weighted by Crippen LogP contribution is 2.33. The summed E-state index contributed by atoms with van der Waals surface area (Å²) in [6.45, 7) is 14.7. The van der Waals surface area contributed by atoms with Crippen LogP contribution in [-0.2, 0) is 22.6 Å². The summed E-state index contributed by atoms with van der Waals surface area (Å²) in [5.74, 6) is 0.727. The lowest BCUT2D eigenvalue weighted by atomic mass is 9.99. The second-order valence-electron chi connectivity index (χ2n) is 12.5. The zero-order chi connectivity index (χ0) is 28.8. The molecule has 9 heteroatoms. The average Bonchev–Trinajstić information content (AvgIpc) is 3.30. The molecule has 0 saturated carbocycles. The summed E-state index contributed by atoms with van der Waals surface area (Å²) >= 11 is 6.73. The van der Waals surface area contributed by atoms with Gasteiger partial charge in [0.15, 0.2) is 0 Å². The van der Waals surface area contributed by atoms with E-state index in [4.69, 9.17) is 26.1 Å². The van der Waals surface area contributed by atoms with Crippen molar-refractivity contribution in [1.82, 2.24) is 14.8 Å². The highest BCUT2D eigenvalue weighted by Gasteiger charge is 2.29. The Morgan fingerprint density at radius 3 is 1.98 bits per heavy atom. The van der Waals surface area contributed by atoms with Crippen molar-refractivity contribution in [3.8, 4) is 11.1 Å². The number of amides is 2. The largest absolute Gasteiger partial charge is 0.444 e. The quantitative estimate of drug-likeness (QED) is 0.338. The lowest BCUT2D eigenvalue weighted by Crippen LogP contribution is -2.50. The van der Waals surface area contributed by atoms with Gasteiger partial charge < -0.3 is 19.3 Å². The van der Waals surface area contributed by atoms with Gasteiger partial charge in [-0.25, -0.2) is 14.6 Å². The highest BCUT2D eigenvalue weighted by molar-refractivity contribution is 6.33. The van der Waals surface area contributed by atoms with E-state index in [2.05, 4.69) is 35.2 Å². The molecule has 5 rings (SSSR count). The Bertz CT molecular complexity index is 1450. The number of benzene rings is 2. The zero-order valence-corrected chi connectivity index (χ0v) is 24.8. The summed E-state index contributed by atoms with van der Waals surface area (Å²) in [6, 6.07) is 14.5. The van der Waals surface area contributed by atoms with Gasteiger partial charge in [0.1, 0.15) is 17.0 Å². The molecule has 8 nitrogen and oxygen atoms in total. The number of rotatable bonds is 2. The standard InChI is InChI=1S/C31H37ClN4O4/c1-30(2,3)39-28(37)35-13-11-34(12-14-35)27-25(32)17-23-15-21(9-10-26(23)33-27)20-7-8-22-18-36(19-24(22)16-20)29(38)40-31(4,5)6/h7-10,15-17H,11-14,18-19H2,1-6H3. The first kappa shape index (κ1) is 28.0. The molecule has 3 heterocycles. The average molecular weight is 565 g/mol. The first-order valence-corrected chi connectivity index (χ1v) is 14.1. The van der Waals surface area contributed by atoms with Gasteiger partial charge in [-0.3, -0.25) is 4.90 Å². The van der Waals surface area contributed by atoms with E-state index in [0.29, 0.717) is 44.3 Å². The third-order valence-corrected chi connectivity index (χ3v) is 7.17. The van der Waals surface area contributed by atoms with Crippen molar-refractivity contribution in [2.75, 3.05) is 31.1 Å². The third-order valence-electron chi connectivity index (χ3n) is 6.89. The van der Waals surface area contributed by atoms with Crippen molar-refractivity contribution in [3.05, 3.63) is 58.6 Å². The Hall–Kier alpha value is -3.52. The van der Waals surface area contributed by atoms with E-state index in [1.54, 1.807) is 9.80 Å². The first-order chi connectivity index (χ1) is 18.8. The Morgan fingerprint density at radius 1 is 0.750 bits per heavy atom. The van der Waals surface area contributed by atoms with Gasteiger partial charge >= 0.3 is 12.2 Å². The van der Waals surface area contributed by atoms with Crippen molar-refractivity contribution in [1.29, 1.82) is 0 Å². The molecule has 0 radical (unpaired) electrons. The molecule has 3 aromatic rings. The molecule has 2 amide bonds. The van der Waals surface area contributed by atoms with Crippen LogP contribution in [0.5, 0.6) is 0 Å². The molecule has 0 unspecified atom stereocenters. The summed E-state index contributed by atoms with van der Waals surface area (Å²) in [4.78, 5) is 35.4. The van der Waals surface area contributed by atoms with Crippen molar-refractivity contribution in [2.45, 2.75) is 65.8 Å². The maximum Gasteiger partial charge on any atom is 0.410 e. The van der Waals surface area contributed by atoms with Gasteiger partial charge in [-0.15, -0.1) is 0 Å². The second-order valence-corrected chi connectivity index (χ2v) is 12.9. The lowest BCUT2D eigenvalue weighted by Gasteiger charge is -2.36. The minimum atomic E-state index is -0.522. The fraction of sp³-hybridized carbons (Fsp3) is 0.452. The molecule has 0 spiro atoms. The SMILES string of the molecule is CC(C)(C)OC(=O)N1CCN(c2nc3ccc(-c4ccc5c(c4)CN(C(=O)OC(C)(C)C)C5)cc3cc2Cl)CC1. The van der Waals surface area contributed by atoms with E-state index in [0.717, 1.165) is 39.0 Å². The number of aromatic nitrogens is 1. The second kappa shape index (κ2) is 10.5. The van der Waals surface area contributed by atoms with Gasteiger partial charge in [-0.1, -0.05) is 29.8 Å². The minimum absolute atomic E-state index is 0.290. The first-order valence-electron chi connectivity index (χ1n) is 13.7. The number of carbonyl (C=O) groups is 2. The molecule has 1 saturated heterocycles. The summed E-state index contributed by atoms with van der Waals surface area (Å²) in [5, 5.41) is 1.53. The number of pyridine rings is 1. The molecule has 0 atom stereocenters. The smallest absolute Gasteiger partial charge is 0.410 e. The predicted octanol–water partition coefficient (Wildman–Crippen LogP) is 6.86. The van der Waals surface area contributed by atoms with Gasteiger partial charge in [-0.2, -0.15) is 0 Å². The van der Waals surface area contributed by atoms with Crippen LogP contribution >= 0.6 is 11.6 Å². The minimum Gasteiger partial charge on any atom is -0.444 e. The van der Waals surface area contributed by atoms with Gasteiger partial charge in [-0.05, 0) is 88.1 Å². The molecule has 40 heavy (non-hydrogen) atoms. The molecule has 0 aliphatic carbocycles. The molecular weight excluding hydrogens is 528 g/mol. The molecule has 1 fully saturated rings. The van der Waals surface area contributed by atoms with Crippen LogP contribution in [0.3, 0.4) is 0 Å². The van der Waals surface area contributed by atoms with Gasteiger partial charge in [0.25, 0.3) is 0 Å². The number of hydrogen-bond donors (Lipinski definition) is 0.